The summed E-state index contributed by atoms with van der Waals surface area (Å²) in [6.07, 6.45) is 9.84. The van der Waals surface area contributed by atoms with Crippen LogP contribution in [0.2, 0.25) is 0 Å². The Kier molecular flexibility index (Phi) is 3.35. The lowest BCUT2D eigenvalue weighted by Crippen LogP contribution is -2.16. The minimum absolute atomic E-state index is 0.417. The summed E-state index contributed by atoms with van der Waals surface area (Å²) in [5, 5.41) is 0. The predicted molar refractivity (Wildman–Crippen MR) is 59.8 cm³/mol. The summed E-state index contributed by atoms with van der Waals surface area (Å²) in [4.78, 5) is 0. The van der Waals surface area contributed by atoms with Crippen LogP contribution < -0.4 is 0 Å². The molecule has 0 fully saturated rings. The molecule has 0 bridgehead atoms. The van der Waals surface area contributed by atoms with Gasteiger partial charge in [-0.15, -0.1) is 0 Å². The van der Waals surface area contributed by atoms with Crippen LogP contribution in [0, 0.1) is 5.41 Å². The standard InChI is InChI=1S/C13H22/c1-5-11-9-12(6-2)13(7-3,8-4)10-11/h9-10H,5-8H2,1-4H3. The van der Waals surface area contributed by atoms with Crippen LogP contribution in [0.25, 0.3) is 0 Å². The zero-order valence-corrected chi connectivity index (χ0v) is 9.48. The summed E-state index contributed by atoms with van der Waals surface area (Å²) in [6, 6.07) is 0. The van der Waals surface area contributed by atoms with Gasteiger partial charge in [-0.3, -0.25) is 0 Å². The van der Waals surface area contributed by atoms with Gasteiger partial charge in [0.05, 0.1) is 0 Å². The van der Waals surface area contributed by atoms with E-state index in [1.54, 1.807) is 11.1 Å². The van der Waals surface area contributed by atoms with Gasteiger partial charge in [0.15, 0.2) is 0 Å². The first kappa shape index (κ1) is 10.6. The molecule has 0 aliphatic heterocycles. The second-order valence-electron chi connectivity index (χ2n) is 3.96. The largest absolute Gasteiger partial charge is 0.0711 e. The number of hydrogen-bond donors (Lipinski definition) is 0. The molecule has 0 aromatic carbocycles. The Hall–Kier alpha value is -0.520. The molecule has 0 unspecified atom stereocenters. The minimum Gasteiger partial charge on any atom is -0.0711 e. The van der Waals surface area contributed by atoms with Crippen molar-refractivity contribution in [1.82, 2.24) is 0 Å². The van der Waals surface area contributed by atoms with Crippen LogP contribution in [0.3, 0.4) is 0 Å². The Morgan fingerprint density at radius 1 is 1.00 bits per heavy atom. The molecule has 0 aromatic rings. The lowest BCUT2D eigenvalue weighted by Gasteiger charge is -2.27. The van der Waals surface area contributed by atoms with Crippen molar-refractivity contribution in [3.63, 3.8) is 0 Å². The monoisotopic (exact) mass is 178 g/mol. The van der Waals surface area contributed by atoms with E-state index in [1.165, 1.54) is 25.7 Å². The van der Waals surface area contributed by atoms with E-state index in [2.05, 4.69) is 39.8 Å². The van der Waals surface area contributed by atoms with Crippen LogP contribution in [0.4, 0.5) is 0 Å². The van der Waals surface area contributed by atoms with Crippen molar-refractivity contribution < 1.29 is 0 Å². The lowest BCUT2D eigenvalue weighted by atomic mass is 9.77. The molecule has 0 aromatic heterocycles. The normalized spacial score (nSPS) is 20.0. The summed E-state index contributed by atoms with van der Waals surface area (Å²) < 4.78 is 0. The molecule has 0 amide bonds. The van der Waals surface area contributed by atoms with Crippen molar-refractivity contribution >= 4 is 0 Å². The van der Waals surface area contributed by atoms with E-state index in [4.69, 9.17) is 0 Å². The van der Waals surface area contributed by atoms with Gasteiger partial charge >= 0.3 is 0 Å². The Bertz CT molecular complexity index is 226. The molecule has 0 heterocycles. The van der Waals surface area contributed by atoms with Gasteiger partial charge in [0.1, 0.15) is 0 Å². The van der Waals surface area contributed by atoms with Gasteiger partial charge in [0.25, 0.3) is 0 Å². The first-order valence-corrected chi connectivity index (χ1v) is 5.65. The molecule has 0 saturated carbocycles. The highest BCUT2D eigenvalue weighted by molar-refractivity contribution is 5.40. The van der Waals surface area contributed by atoms with Gasteiger partial charge < -0.3 is 0 Å². The van der Waals surface area contributed by atoms with Crippen LogP contribution in [0.1, 0.15) is 53.4 Å². The number of allylic oxidation sites excluding steroid dienone is 4. The number of hydrogen-bond acceptors (Lipinski definition) is 0. The van der Waals surface area contributed by atoms with Crippen molar-refractivity contribution in [2.75, 3.05) is 0 Å². The third-order valence-corrected chi connectivity index (χ3v) is 3.51. The van der Waals surface area contributed by atoms with Crippen molar-refractivity contribution in [2.45, 2.75) is 53.4 Å². The van der Waals surface area contributed by atoms with Gasteiger partial charge in [-0.1, -0.05) is 51.0 Å². The summed E-state index contributed by atoms with van der Waals surface area (Å²) >= 11 is 0. The van der Waals surface area contributed by atoms with E-state index >= 15 is 0 Å². The fraction of sp³-hybridized carbons (Fsp3) is 0.692. The second kappa shape index (κ2) is 4.13. The van der Waals surface area contributed by atoms with Gasteiger partial charge in [-0.2, -0.15) is 0 Å². The molecule has 0 N–H and O–H groups in total. The van der Waals surface area contributed by atoms with Crippen molar-refractivity contribution in [1.29, 1.82) is 0 Å². The van der Waals surface area contributed by atoms with E-state index in [9.17, 15) is 0 Å². The van der Waals surface area contributed by atoms with E-state index in [-0.39, 0.29) is 0 Å². The summed E-state index contributed by atoms with van der Waals surface area (Å²) in [5.41, 5.74) is 3.61. The fourth-order valence-electron chi connectivity index (χ4n) is 2.42. The number of rotatable bonds is 4. The molecule has 74 valence electrons. The molecular weight excluding hydrogens is 156 g/mol. The van der Waals surface area contributed by atoms with Crippen LogP contribution in [-0.2, 0) is 0 Å². The molecular formula is C13H22. The molecule has 0 nitrogen and oxygen atoms in total. The van der Waals surface area contributed by atoms with Crippen molar-refractivity contribution in [3.8, 4) is 0 Å². The maximum Gasteiger partial charge on any atom is 0.00944 e. The first-order valence-electron chi connectivity index (χ1n) is 5.65. The molecule has 0 saturated heterocycles. The van der Waals surface area contributed by atoms with E-state index < -0.39 is 0 Å². The van der Waals surface area contributed by atoms with Crippen LogP contribution in [0.5, 0.6) is 0 Å². The maximum atomic E-state index is 2.51. The van der Waals surface area contributed by atoms with E-state index in [1.807, 2.05) is 0 Å². The fourth-order valence-corrected chi connectivity index (χ4v) is 2.42. The van der Waals surface area contributed by atoms with Crippen LogP contribution in [0.15, 0.2) is 23.3 Å². The Morgan fingerprint density at radius 3 is 1.92 bits per heavy atom. The zero-order chi connectivity index (χ0) is 9.90. The molecule has 0 radical (unpaired) electrons. The molecule has 1 rings (SSSR count). The van der Waals surface area contributed by atoms with E-state index in [0.29, 0.717) is 5.41 Å². The SMILES string of the molecule is CCC1=CC(CC)(CC)C(CC)=C1. The van der Waals surface area contributed by atoms with Gasteiger partial charge in [-0.25, -0.2) is 0 Å². The average molecular weight is 178 g/mol. The third kappa shape index (κ3) is 1.72. The predicted octanol–water partition coefficient (Wildman–Crippen LogP) is 4.48. The van der Waals surface area contributed by atoms with Crippen LogP contribution in [-0.4, -0.2) is 0 Å². The quantitative estimate of drug-likeness (QED) is 0.595. The topological polar surface area (TPSA) is 0 Å². The molecule has 13 heavy (non-hydrogen) atoms. The Morgan fingerprint density at radius 2 is 1.62 bits per heavy atom. The Balaban J connectivity index is 2.97. The first-order chi connectivity index (χ1) is 6.22. The van der Waals surface area contributed by atoms with Gasteiger partial charge in [0.2, 0.25) is 0 Å². The third-order valence-electron chi connectivity index (χ3n) is 3.51. The van der Waals surface area contributed by atoms with Gasteiger partial charge in [0, 0.05) is 5.41 Å². The van der Waals surface area contributed by atoms with Crippen LogP contribution >= 0.6 is 0 Å². The summed E-state index contributed by atoms with van der Waals surface area (Å²) in [5.74, 6) is 0. The molecule has 1 aliphatic carbocycles. The van der Waals surface area contributed by atoms with Crippen molar-refractivity contribution in [3.05, 3.63) is 23.3 Å². The Labute approximate surface area is 82.7 Å². The lowest BCUT2D eigenvalue weighted by molar-refractivity contribution is 0.421. The highest BCUT2D eigenvalue weighted by Gasteiger charge is 2.30. The summed E-state index contributed by atoms with van der Waals surface area (Å²) in [7, 11) is 0. The minimum atomic E-state index is 0.417. The smallest absolute Gasteiger partial charge is 0.00944 e. The zero-order valence-electron chi connectivity index (χ0n) is 9.48. The molecule has 0 atom stereocenters. The highest BCUT2D eigenvalue weighted by Crippen LogP contribution is 2.44. The average Bonchev–Trinajstić information content (AvgIpc) is 2.56. The summed E-state index contributed by atoms with van der Waals surface area (Å²) in [6.45, 7) is 9.14. The van der Waals surface area contributed by atoms with Crippen molar-refractivity contribution in [2.24, 2.45) is 5.41 Å². The highest BCUT2D eigenvalue weighted by atomic mass is 14.3. The molecule has 0 spiro atoms. The van der Waals surface area contributed by atoms with Gasteiger partial charge in [-0.05, 0) is 25.7 Å². The van der Waals surface area contributed by atoms with E-state index in [0.717, 1.165) is 0 Å². The molecule has 1 aliphatic rings. The maximum absolute atomic E-state index is 2.51. The second-order valence-corrected chi connectivity index (χ2v) is 3.96. The molecule has 0 heteroatoms.